The molecule has 0 spiro atoms. The predicted molar refractivity (Wildman–Crippen MR) is 128 cm³/mol. The van der Waals surface area contributed by atoms with E-state index in [9.17, 15) is 14.4 Å². The summed E-state index contributed by atoms with van der Waals surface area (Å²) in [6.07, 6.45) is 3.72. The molecule has 1 aliphatic heterocycles. The van der Waals surface area contributed by atoms with Gasteiger partial charge in [0.2, 0.25) is 0 Å². The van der Waals surface area contributed by atoms with Crippen LogP contribution in [0.15, 0.2) is 48.6 Å². The summed E-state index contributed by atoms with van der Waals surface area (Å²) in [5.41, 5.74) is 3.44. The zero-order valence-corrected chi connectivity index (χ0v) is 19.4. The molecule has 1 aliphatic rings. The molecule has 4 amide bonds. The third-order valence-corrected chi connectivity index (χ3v) is 4.98. The maximum absolute atomic E-state index is 13.3. The van der Waals surface area contributed by atoms with Gasteiger partial charge in [-0.05, 0) is 81.1 Å². The van der Waals surface area contributed by atoms with Crippen molar-refractivity contribution in [3.63, 3.8) is 0 Å². The first-order valence-electron chi connectivity index (χ1n) is 10.8. The van der Waals surface area contributed by atoms with Crippen molar-refractivity contribution < 1.29 is 23.9 Å². The number of nitrogens with zero attached hydrogens (tertiary/aromatic N) is 1. The molecule has 0 saturated carbocycles. The molecule has 1 saturated heterocycles. The van der Waals surface area contributed by atoms with Crippen LogP contribution >= 0.6 is 0 Å². The lowest BCUT2D eigenvalue weighted by molar-refractivity contribution is -0.122. The summed E-state index contributed by atoms with van der Waals surface area (Å²) >= 11 is 0. The molecule has 0 bridgehead atoms. The van der Waals surface area contributed by atoms with Gasteiger partial charge in [-0.25, -0.2) is 9.69 Å². The number of carbonyl (C=O) groups is 3. The molecule has 1 heterocycles. The Balaban J connectivity index is 2.10. The van der Waals surface area contributed by atoms with Gasteiger partial charge in [0.05, 0.1) is 18.9 Å². The number of aryl methyl sites for hydroxylation is 2. The molecule has 0 aromatic heterocycles. The molecule has 0 atom stereocenters. The summed E-state index contributed by atoms with van der Waals surface area (Å²) in [6, 6.07) is 8.15. The summed E-state index contributed by atoms with van der Waals surface area (Å²) in [5.74, 6) is -0.321. The Morgan fingerprint density at radius 2 is 1.64 bits per heavy atom. The predicted octanol–water partition coefficient (Wildman–Crippen LogP) is 4.50. The zero-order chi connectivity index (χ0) is 24.1. The number of carbonyl (C=O) groups excluding carboxylic acids is 3. The molecule has 7 heteroatoms. The lowest BCUT2D eigenvalue weighted by Gasteiger charge is -2.27. The summed E-state index contributed by atoms with van der Waals surface area (Å²) in [6.45, 7) is 12.2. The van der Waals surface area contributed by atoms with Crippen molar-refractivity contribution in [1.82, 2.24) is 5.32 Å². The first-order chi connectivity index (χ1) is 15.8. The summed E-state index contributed by atoms with van der Waals surface area (Å²) in [4.78, 5) is 39.4. The van der Waals surface area contributed by atoms with Crippen LogP contribution in [-0.2, 0) is 16.0 Å². The average molecular weight is 449 g/mol. The van der Waals surface area contributed by atoms with E-state index in [2.05, 4.69) is 11.9 Å². The minimum atomic E-state index is -0.777. The van der Waals surface area contributed by atoms with Crippen molar-refractivity contribution in [3.8, 4) is 11.5 Å². The lowest BCUT2D eigenvalue weighted by Crippen LogP contribution is -2.54. The van der Waals surface area contributed by atoms with Crippen LogP contribution in [0.1, 0.15) is 36.1 Å². The Kier molecular flexibility index (Phi) is 7.33. The van der Waals surface area contributed by atoms with Gasteiger partial charge in [0.15, 0.2) is 11.5 Å². The second-order valence-electron chi connectivity index (χ2n) is 7.67. The third-order valence-electron chi connectivity index (χ3n) is 4.98. The number of imide groups is 2. The number of benzene rings is 2. The zero-order valence-electron chi connectivity index (χ0n) is 19.4. The van der Waals surface area contributed by atoms with Crippen molar-refractivity contribution >= 4 is 29.6 Å². The minimum Gasteiger partial charge on any atom is -0.490 e. The minimum absolute atomic E-state index is 0.148. The van der Waals surface area contributed by atoms with Gasteiger partial charge in [-0.1, -0.05) is 12.1 Å². The van der Waals surface area contributed by atoms with Crippen LogP contribution in [0.3, 0.4) is 0 Å². The van der Waals surface area contributed by atoms with Gasteiger partial charge in [0.1, 0.15) is 5.57 Å². The van der Waals surface area contributed by atoms with Crippen LogP contribution in [0.2, 0.25) is 0 Å². The summed E-state index contributed by atoms with van der Waals surface area (Å²) in [7, 11) is 0. The van der Waals surface area contributed by atoms with Gasteiger partial charge in [-0.15, -0.1) is 6.58 Å². The van der Waals surface area contributed by atoms with Gasteiger partial charge in [-0.3, -0.25) is 14.9 Å². The molecule has 172 valence electrons. The maximum atomic E-state index is 13.3. The number of ether oxygens (including phenoxy) is 2. The molecule has 7 nitrogen and oxygen atoms in total. The van der Waals surface area contributed by atoms with Gasteiger partial charge in [0.25, 0.3) is 11.8 Å². The number of allylic oxidation sites excluding steroid dienone is 1. The number of hydrogen-bond donors (Lipinski definition) is 1. The van der Waals surface area contributed by atoms with E-state index in [0.717, 1.165) is 21.6 Å². The first kappa shape index (κ1) is 23.8. The molecule has 0 radical (unpaired) electrons. The smallest absolute Gasteiger partial charge is 0.335 e. The highest BCUT2D eigenvalue weighted by molar-refractivity contribution is 6.39. The second kappa shape index (κ2) is 10.2. The average Bonchev–Trinajstić information content (AvgIpc) is 2.73. The quantitative estimate of drug-likeness (QED) is 0.365. The molecule has 2 aromatic carbocycles. The molecular weight excluding hydrogens is 420 g/mol. The van der Waals surface area contributed by atoms with E-state index in [0.29, 0.717) is 42.4 Å². The van der Waals surface area contributed by atoms with Crippen LogP contribution in [0.25, 0.3) is 6.08 Å². The molecule has 1 fully saturated rings. The number of rotatable bonds is 8. The number of amides is 4. The Morgan fingerprint density at radius 1 is 0.970 bits per heavy atom. The molecular formula is C26H28N2O5. The lowest BCUT2D eigenvalue weighted by atomic mass is 10.0. The van der Waals surface area contributed by atoms with E-state index in [-0.39, 0.29) is 5.57 Å². The van der Waals surface area contributed by atoms with E-state index in [1.165, 1.54) is 6.08 Å². The van der Waals surface area contributed by atoms with Crippen LogP contribution in [0, 0.1) is 13.8 Å². The number of hydrogen-bond acceptors (Lipinski definition) is 5. The topological polar surface area (TPSA) is 84.9 Å². The highest BCUT2D eigenvalue weighted by Gasteiger charge is 2.37. The van der Waals surface area contributed by atoms with E-state index in [1.54, 1.807) is 24.3 Å². The van der Waals surface area contributed by atoms with Crippen molar-refractivity contribution in [1.29, 1.82) is 0 Å². The van der Waals surface area contributed by atoms with E-state index in [1.807, 2.05) is 39.8 Å². The van der Waals surface area contributed by atoms with Crippen molar-refractivity contribution in [2.75, 3.05) is 18.1 Å². The first-order valence-corrected chi connectivity index (χ1v) is 10.8. The Hall–Kier alpha value is -3.87. The van der Waals surface area contributed by atoms with E-state index < -0.39 is 17.8 Å². The number of anilines is 1. The van der Waals surface area contributed by atoms with Crippen molar-refractivity contribution in [3.05, 3.63) is 70.8 Å². The molecule has 33 heavy (non-hydrogen) atoms. The van der Waals surface area contributed by atoms with Crippen LogP contribution in [0.4, 0.5) is 10.5 Å². The monoisotopic (exact) mass is 448 g/mol. The fraction of sp³-hybridized carbons (Fsp3) is 0.269. The standard InChI is InChI=1S/C26H28N2O5/c1-6-9-19-13-18(15-22(32-7-2)23(19)33-8-3)14-21-24(29)27-26(31)28(25(21)30)20-11-16(4)10-17(5)12-20/h6,10-15H,1,7-9H2,2-5H3,(H,27,29,31)/b21-14+. The van der Waals surface area contributed by atoms with Crippen LogP contribution in [-0.4, -0.2) is 31.1 Å². The SMILES string of the molecule is C=CCc1cc(/C=C2\C(=O)NC(=O)N(c3cc(C)cc(C)c3)C2=O)cc(OCC)c1OCC. The van der Waals surface area contributed by atoms with Gasteiger partial charge < -0.3 is 9.47 Å². The largest absolute Gasteiger partial charge is 0.490 e. The fourth-order valence-corrected chi connectivity index (χ4v) is 3.78. The summed E-state index contributed by atoms with van der Waals surface area (Å²) < 4.78 is 11.5. The highest BCUT2D eigenvalue weighted by atomic mass is 16.5. The van der Waals surface area contributed by atoms with E-state index in [4.69, 9.17) is 9.47 Å². The Morgan fingerprint density at radius 3 is 2.24 bits per heavy atom. The second-order valence-corrected chi connectivity index (χ2v) is 7.67. The fourth-order valence-electron chi connectivity index (χ4n) is 3.78. The van der Waals surface area contributed by atoms with Gasteiger partial charge >= 0.3 is 6.03 Å². The number of nitrogens with one attached hydrogen (secondary N) is 1. The Labute approximate surface area is 193 Å². The number of urea groups is 1. The molecule has 0 aliphatic carbocycles. The molecule has 0 unspecified atom stereocenters. The normalized spacial score (nSPS) is 15.0. The highest BCUT2D eigenvalue weighted by Crippen LogP contribution is 2.35. The molecule has 3 rings (SSSR count). The summed E-state index contributed by atoms with van der Waals surface area (Å²) in [5, 5.41) is 2.27. The maximum Gasteiger partial charge on any atom is 0.335 e. The van der Waals surface area contributed by atoms with Crippen LogP contribution in [0.5, 0.6) is 11.5 Å². The van der Waals surface area contributed by atoms with E-state index >= 15 is 0 Å². The van der Waals surface area contributed by atoms with Crippen LogP contribution < -0.4 is 19.7 Å². The van der Waals surface area contributed by atoms with Crippen molar-refractivity contribution in [2.24, 2.45) is 0 Å². The Bertz CT molecular complexity index is 1130. The third kappa shape index (κ3) is 5.14. The number of barbiturate groups is 1. The molecule has 1 N–H and O–H groups in total. The molecule has 2 aromatic rings. The van der Waals surface area contributed by atoms with Gasteiger partial charge in [0, 0.05) is 5.56 Å². The van der Waals surface area contributed by atoms with Gasteiger partial charge in [-0.2, -0.15) is 0 Å². The van der Waals surface area contributed by atoms with Crippen molar-refractivity contribution in [2.45, 2.75) is 34.1 Å².